The molecule has 0 aromatic rings. The van der Waals surface area contributed by atoms with E-state index in [0.717, 1.165) is 25.9 Å². The molecule has 4 heteroatoms. The molecule has 3 aliphatic rings. The topological polar surface area (TPSA) is 55.7 Å². The van der Waals surface area contributed by atoms with E-state index in [4.69, 9.17) is 0 Å². The summed E-state index contributed by atoms with van der Waals surface area (Å²) in [6.45, 7) is 11.0. The van der Waals surface area contributed by atoms with Crippen LogP contribution in [0.1, 0.15) is 58.8 Å². The van der Waals surface area contributed by atoms with Crippen LogP contribution in [0.5, 0.6) is 0 Å². The molecule has 0 spiro atoms. The zero-order valence-electron chi connectivity index (χ0n) is 18.0. The molecule has 27 heavy (non-hydrogen) atoms. The summed E-state index contributed by atoms with van der Waals surface area (Å²) >= 11 is 0. The van der Waals surface area contributed by atoms with E-state index in [1.165, 1.54) is 31.3 Å². The zero-order valence-corrected chi connectivity index (χ0v) is 18.0. The van der Waals surface area contributed by atoms with E-state index in [1.54, 1.807) is 0 Å². The van der Waals surface area contributed by atoms with Gasteiger partial charge in [0.15, 0.2) is 0 Å². The third-order valence-corrected chi connectivity index (χ3v) is 8.52. The Balaban J connectivity index is 1.75. The molecule has 3 saturated carbocycles. The monoisotopic (exact) mass is 378 g/mol. The van der Waals surface area contributed by atoms with Crippen molar-refractivity contribution < 1.29 is 10.2 Å². The fraction of sp³-hybridized carbons (Fsp3) is 0.913. The van der Waals surface area contributed by atoms with E-state index in [-0.39, 0.29) is 17.6 Å². The number of likely N-dealkylation sites (N-methyl/N-ethyl adjacent to an activating group) is 1. The lowest BCUT2D eigenvalue weighted by Gasteiger charge is -2.53. The highest BCUT2D eigenvalue weighted by molar-refractivity contribution is 5.14. The first-order valence-electron chi connectivity index (χ1n) is 11.1. The Hall–Kier alpha value is -0.420. The maximum atomic E-state index is 10.9. The molecule has 156 valence electrons. The molecule has 3 rings (SSSR count). The van der Waals surface area contributed by atoms with Gasteiger partial charge in [-0.2, -0.15) is 0 Å². The molecule has 0 amide bonds. The Morgan fingerprint density at radius 3 is 2.63 bits per heavy atom. The number of allylic oxidation sites excluding steroid dienone is 1. The predicted octanol–water partition coefficient (Wildman–Crippen LogP) is 3.05. The van der Waals surface area contributed by atoms with Crippen LogP contribution in [-0.4, -0.2) is 60.5 Å². The number of nitrogens with one attached hydrogen (secondary N) is 1. The van der Waals surface area contributed by atoms with Crippen LogP contribution in [0.3, 0.4) is 0 Å². The highest BCUT2D eigenvalue weighted by Crippen LogP contribution is 2.57. The number of nitrogens with zero attached hydrogens (tertiary/aromatic N) is 1. The lowest BCUT2D eigenvalue weighted by atomic mass is 9.54. The van der Waals surface area contributed by atoms with Crippen molar-refractivity contribution in [3.8, 4) is 0 Å². The molecule has 3 N–H and O–H groups in total. The highest BCUT2D eigenvalue weighted by Gasteiger charge is 2.52. The largest absolute Gasteiger partial charge is 0.393 e. The van der Waals surface area contributed by atoms with Crippen LogP contribution >= 0.6 is 0 Å². The zero-order chi connectivity index (χ0) is 19.8. The molecule has 8 atom stereocenters. The predicted molar refractivity (Wildman–Crippen MR) is 112 cm³/mol. The molecule has 0 aliphatic heterocycles. The van der Waals surface area contributed by atoms with Gasteiger partial charge in [-0.1, -0.05) is 19.1 Å². The van der Waals surface area contributed by atoms with E-state index in [2.05, 4.69) is 44.7 Å². The average molecular weight is 379 g/mol. The van der Waals surface area contributed by atoms with Gasteiger partial charge < -0.3 is 20.4 Å². The molecule has 4 unspecified atom stereocenters. The number of aliphatic hydroxyl groups is 2. The fourth-order valence-corrected chi connectivity index (χ4v) is 6.32. The summed E-state index contributed by atoms with van der Waals surface area (Å²) in [7, 11) is 4.27. The van der Waals surface area contributed by atoms with Crippen LogP contribution < -0.4 is 5.32 Å². The van der Waals surface area contributed by atoms with E-state index in [0.29, 0.717) is 36.1 Å². The Morgan fingerprint density at radius 2 is 1.96 bits per heavy atom. The van der Waals surface area contributed by atoms with E-state index in [1.807, 2.05) is 0 Å². The van der Waals surface area contributed by atoms with Crippen molar-refractivity contribution in [1.82, 2.24) is 10.2 Å². The number of rotatable bonds is 6. The first-order chi connectivity index (χ1) is 12.7. The van der Waals surface area contributed by atoms with Gasteiger partial charge in [0.2, 0.25) is 0 Å². The Bertz CT molecular complexity index is 523. The standard InChI is InChI=1S/C23H42N2O2/c1-15-6-7-19-18(15)8-9-21(20(19)14-24-13-16(2)25(4)5)23(3)11-10-17(26)12-22(23)27/h16-22,24,26-27H,1,6-14H2,2-5H3/t16?,17-,18?,19?,20+,21?,22-,23+/m1/s1. The maximum Gasteiger partial charge on any atom is 0.0621 e. The molecule has 0 heterocycles. The van der Waals surface area contributed by atoms with E-state index < -0.39 is 0 Å². The van der Waals surface area contributed by atoms with E-state index >= 15 is 0 Å². The molecule has 0 aromatic heterocycles. The molecule has 0 aromatic carbocycles. The molecule has 3 fully saturated rings. The minimum Gasteiger partial charge on any atom is -0.393 e. The van der Waals surface area contributed by atoms with Gasteiger partial charge in [0.25, 0.3) is 0 Å². The summed E-state index contributed by atoms with van der Waals surface area (Å²) in [5.41, 5.74) is 1.41. The quantitative estimate of drug-likeness (QED) is 0.622. The minimum atomic E-state index is -0.379. The fourth-order valence-electron chi connectivity index (χ4n) is 6.32. The van der Waals surface area contributed by atoms with Crippen LogP contribution in [0.4, 0.5) is 0 Å². The van der Waals surface area contributed by atoms with Crippen LogP contribution in [0.15, 0.2) is 12.2 Å². The van der Waals surface area contributed by atoms with Crippen molar-refractivity contribution in [3.05, 3.63) is 12.2 Å². The van der Waals surface area contributed by atoms with Gasteiger partial charge in [0.05, 0.1) is 12.2 Å². The number of hydrogen-bond donors (Lipinski definition) is 3. The summed E-state index contributed by atoms with van der Waals surface area (Å²) in [6, 6.07) is 0.521. The highest BCUT2D eigenvalue weighted by atomic mass is 16.3. The van der Waals surface area contributed by atoms with Crippen molar-refractivity contribution in [1.29, 1.82) is 0 Å². The van der Waals surface area contributed by atoms with Crippen LogP contribution in [0.25, 0.3) is 0 Å². The molecule has 3 aliphatic carbocycles. The first kappa shape index (κ1) is 21.3. The summed E-state index contributed by atoms with van der Waals surface area (Å²) in [5, 5.41) is 24.7. The third kappa shape index (κ3) is 4.29. The molecule has 4 nitrogen and oxygen atoms in total. The average Bonchev–Trinajstić information content (AvgIpc) is 3.00. The Kier molecular flexibility index (Phi) is 6.72. The molecule has 0 radical (unpaired) electrons. The van der Waals surface area contributed by atoms with Crippen molar-refractivity contribution in [2.45, 2.75) is 77.0 Å². The van der Waals surface area contributed by atoms with Crippen molar-refractivity contribution in [2.75, 3.05) is 27.2 Å². The number of hydrogen-bond acceptors (Lipinski definition) is 4. The normalized spacial score (nSPS) is 43.7. The van der Waals surface area contributed by atoms with Gasteiger partial charge in [-0.15, -0.1) is 0 Å². The summed E-state index contributed by atoms with van der Waals surface area (Å²) < 4.78 is 0. The smallest absolute Gasteiger partial charge is 0.0621 e. The SMILES string of the molecule is C=C1CCC2C1CCC([C@]1(C)CC[C@@H](O)C[C@H]1O)[C@H]2CNCC(C)N(C)C. The summed E-state index contributed by atoms with van der Waals surface area (Å²) in [5.74, 6) is 2.55. The van der Waals surface area contributed by atoms with E-state index in [9.17, 15) is 10.2 Å². The van der Waals surface area contributed by atoms with Gasteiger partial charge in [0, 0.05) is 12.6 Å². The molecular formula is C23H42N2O2. The van der Waals surface area contributed by atoms with Gasteiger partial charge in [0.1, 0.15) is 0 Å². The minimum absolute atomic E-state index is 0.0619. The van der Waals surface area contributed by atoms with Crippen LogP contribution in [0, 0.1) is 29.1 Å². The van der Waals surface area contributed by atoms with Crippen LogP contribution in [0.2, 0.25) is 0 Å². The lowest BCUT2D eigenvalue weighted by Crippen LogP contribution is -2.53. The van der Waals surface area contributed by atoms with Crippen LogP contribution in [-0.2, 0) is 0 Å². The van der Waals surface area contributed by atoms with Crippen molar-refractivity contribution in [2.24, 2.45) is 29.1 Å². The Labute approximate surface area is 166 Å². The van der Waals surface area contributed by atoms with Gasteiger partial charge in [-0.05, 0) is 102 Å². The number of aliphatic hydroxyl groups excluding tert-OH is 2. The number of fused-ring (bicyclic) bond motifs is 1. The van der Waals surface area contributed by atoms with Crippen molar-refractivity contribution >= 4 is 0 Å². The lowest BCUT2D eigenvalue weighted by molar-refractivity contribution is -0.110. The molecular weight excluding hydrogens is 336 g/mol. The van der Waals surface area contributed by atoms with Gasteiger partial charge >= 0.3 is 0 Å². The molecule has 0 bridgehead atoms. The molecule has 0 saturated heterocycles. The Morgan fingerprint density at radius 1 is 1.22 bits per heavy atom. The summed E-state index contributed by atoms with van der Waals surface area (Å²) in [6.07, 6.45) is 6.51. The second-order valence-corrected chi connectivity index (χ2v) is 10.2. The third-order valence-electron chi connectivity index (χ3n) is 8.52. The summed E-state index contributed by atoms with van der Waals surface area (Å²) in [4.78, 5) is 2.26. The second kappa shape index (κ2) is 8.52. The van der Waals surface area contributed by atoms with Gasteiger partial charge in [-0.25, -0.2) is 0 Å². The second-order valence-electron chi connectivity index (χ2n) is 10.2. The first-order valence-corrected chi connectivity index (χ1v) is 11.1. The van der Waals surface area contributed by atoms with Crippen molar-refractivity contribution in [3.63, 3.8) is 0 Å². The van der Waals surface area contributed by atoms with Gasteiger partial charge in [-0.3, -0.25) is 0 Å². The maximum absolute atomic E-state index is 10.9.